The van der Waals surface area contributed by atoms with Crippen LogP contribution in [-0.2, 0) is 6.42 Å². The first-order valence-electron chi connectivity index (χ1n) is 8.62. The van der Waals surface area contributed by atoms with E-state index < -0.39 is 0 Å². The van der Waals surface area contributed by atoms with Crippen molar-refractivity contribution in [3.05, 3.63) is 34.9 Å². The van der Waals surface area contributed by atoms with Crippen LogP contribution in [0.1, 0.15) is 70.3 Å². The van der Waals surface area contributed by atoms with Gasteiger partial charge in [0.25, 0.3) is 0 Å². The van der Waals surface area contributed by atoms with E-state index >= 15 is 0 Å². The van der Waals surface area contributed by atoms with Gasteiger partial charge in [-0.15, -0.1) is 0 Å². The van der Waals surface area contributed by atoms with Crippen molar-refractivity contribution in [1.29, 1.82) is 0 Å². The van der Waals surface area contributed by atoms with Crippen LogP contribution in [0.15, 0.2) is 24.3 Å². The number of halogens is 1. The standard InChI is InChI=1S/C19H31ClO/c1-2-3-4-5-6-7-8-9-12-17(16-21)15-18-13-10-11-14-19(18)20/h10-11,13-14,17,21H,2-9,12,15-16H2,1H3. The average molecular weight is 311 g/mol. The average Bonchev–Trinajstić information content (AvgIpc) is 2.50. The minimum Gasteiger partial charge on any atom is -0.396 e. The molecule has 0 bridgehead atoms. The molecule has 1 unspecified atom stereocenters. The third-order valence-corrected chi connectivity index (χ3v) is 4.56. The van der Waals surface area contributed by atoms with Gasteiger partial charge in [-0.05, 0) is 30.4 Å². The molecular weight excluding hydrogens is 280 g/mol. The third kappa shape index (κ3) is 8.48. The Morgan fingerprint density at radius 2 is 1.57 bits per heavy atom. The maximum Gasteiger partial charge on any atom is 0.0462 e. The molecule has 0 heterocycles. The fourth-order valence-corrected chi connectivity index (χ4v) is 3.01. The van der Waals surface area contributed by atoms with Crippen LogP contribution in [0.5, 0.6) is 0 Å². The second-order valence-corrected chi connectivity index (χ2v) is 6.51. The number of aliphatic hydroxyl groups excluding tert-OH is 1. The molecule has 0 aliphatic heterocycles. The molecule has 21 heavy (non-hydrogen) atoms. The van der Waals surface area contributed by atoms with E-state index in [1.165, 1.54) is 51.4 Å². The van der Waals surface area contributed by atoms with Gasteiger partial charge >= 0.3 is 0 Å². The Labute approximate surface area is 135 Å². The van der Waals surface area contributed by atoms with E-state index in [0.29, 0.717) is 5.92 Å². The van der Waals surface area contributed by atoms with E-state index in [4.69, 9.17) is 11.6 Å². The lowest BCUT2D eigenvalue weighted by atomic mass is 9.94. The molecule has 1 nitrogen and oxygen atoms in total. The molecule has 1 N–H and O–H groups in total. The number of unbranched alkanes of at least 4 members (excludes halogenated alkanes) is 7. The Morgan fingerprint density at radius 1 is 0.952 bits per heavy atom. The Bertz CT molecular complexity index is 364. The summed E-state index contributed by atoms with van der Waals surface area (Å²) in [6, 6.07) is 7.98. The number of benzene rings is 1. The first kappa shape index (κ1) is 18.5. The molecule has 0 spiro atoms. The molecule has 0 saturated carbocycles. The zero-order valence-electron chi connectivity index (χ0n) is 13.5. The van der Waals surface area contributed by atoms with Crippen molar-refractivity contribution in [2.75, 3.05) is 6.61 Å². The lowest BCUT2D eigenvalue weighted by Gasteiger charge is -2.15. The topological polar surface area (TPSA) is 20.2 Å². The highest BCUT2D eigenvalue weighted by atomic mass is 35.5. The summed E-state index contributed by atoms with van der Waals surface area (Å²) in [6.45, 7) is 2.52. The molecule has 1 rings (SSSR count). The fourth-order valence-electron chi connectivity index (χ4n) is 2.80. The summed E-state index contributed by atoms with van der Waals surface area (Å²) in [6.07, 6.45) is 12.7. The molecule has 0 amide bonds. The van der Waals surface area contributed by atoms with Gasteiger partial charge in [-0.25, -0.2) is 0 Å². The van der Waals surface area contributed by atoms with Crippen molar-refractivity contribution in [3.63, 3.8) is 0 Å². The van der Waals surface area contributed by atoms with Crippen LogP contribution >= 0.6 is 11.6 Å². The first-order chi connectivity index (χ1) is 10.3. The molecule has 0 fully saturated rings. The van der Waals surface area contributed by atoms with Gasteiger partial charge in [0.15, 0.2) is 0 Å². The van der Waals surface area contributed by atoms with E-state index in [2.05, 4.69) is 13.0 Å². The summed E-state index contributed by atoms with van der Waals surface area (Å²) >= 11 is 6.19. The maximum atomic E-state index is 9.53. The van der Waals surface area contributed by atoms with E-state index in [9.17, 15) is 5.11 Å². The Balaban J connectivity index is 2.13. The highest BCUT2D eigenvalue weighted by Gasteiger charge is 2.10. The molecule has 1 aromatic carbocycles. The summed E-state index contributed by atoms with van der Waals surface area (Å²) in [5, 5.41) is 10.4. The largest absolute Gasteiger partial charge is 0.396 e. The van der Waals surface area contributed by atoms with Gasteiger partial charge in [0, 0.05) is 11.6 Å². The minimum atomic E-state index is 0.266. The monoisotopic (exact) mass is 310 g/mol. The van der Waals surface area contributed by atoms with Gasteiger partial charge < -0.3 is 5.11 Å². The van der Waals surface area contributed by atoms with E-state index in [1.54, 1.807) is 0 Å². The Hall–Kier alpha value is -0.530. The molecule has 0 saturated heterocycles. The van der Waals surface area contributed by atoms with Crippen LogP contribution in [0, 0.1) is 5.92 Å². The van der Waals surface area contributed by atoms with Crippen LogP contribution in [0.4, 0.5) is 0 Å². The van der Waals surface area contributed by atoms with Crippen LogP contribution in [-0.4, -0.2) is 11.7 Å². The van der Waals surface area contributed by atoms with Gasteiger partial charge in [-0.3, -0.25) is 0 Å². The number of hydrogen-bond donors (Lipinski definition) is 1. The molecule has 120 valence electrons. The van der Waals surface area contributed by atoms with Crippen molar-refractivity contribution in [1.82, 2.24) is 0 Å². The van der Waals surface area contributed by atoms with Gasteiger partial charge in [0.2, 0.25) is 0 Å². The number of aliphatic hydroxyl groups is 1. The summed E-state index contributed by atoms with van der Waals surface area (Å²) in [5.41, 5.74) is 1.16. The number of hydrogen-bond acceptors (Lipinski definition) is 1. The fraction of sp³-hybridized carbons (Fsp3) is 0.684. The van der Waals surface area contributed by atoms with Crippen LogP contribution in [0.3, 0.4) is 0 Å². The molecule has 0 radical (unpaired) electrons. The van der Waals surface area contributed by atoms with Crippen molar-refractivity contribution in [2.24, 2.45) is 5.92 Å². The van der Waals surface area contributed by atoms with Crippen LogP contribution in [0.25, 0.3) is 0 Å². The lowest BCUT2D eigenvalue weighted by Crippen LogP contribution is -2.10. The van der Waals surface area contributed by atoms with Gasteiger partial charge in [0.1, 0.15) is 0 Å². The normalized spacial score (nSPS) is 12.5. The molecule has 2 heteroatoms. The Kier molecular flexibility index (Phi) is 10.6. The first-order valence-corrected chi connectivity index (χ1v) is 9.00. The molecule has 1 atom stereocenters. The van der Waals surface area contributed by atoms with Crippen molar-refractivity contribution >= 4 is 11.6 Å². The summed E-state index contributed by atoms with van der Waals surface area (Å²) in [4.78, 5) is 0. The zero-order valence-corrected chi connectivity index (χ0v) is 14.2. The summed E-state index contributed by atoms with van der Waals surface area (Å²) in [5.74, 6) is 0.352. The maximum absolute atomic E-state index is 9.53. The van der Waals surface area contributed by atoms with Crippen molar-refractivity contribution in [3.8, 4) is 0 Å². The third-order valence-electron chi connectivity index (χ3n) is 4.19. The second kappa shape index (κ2) is 12.1. The highest BCUT2D eigenvalue weighted by molar-refractivity contribution is 6.31. The zero-order chi connectivity index (χ0) is 15.3. The van der Waals surface area contributed by atoms with E-state index in [1.807, 2.05) is 18.2 Å². The van der Waals surface area contributed by atoms with Crippen molar-refractivity contribution < 1.29 is 5.11 Å². The van der Waals surface area contributed by atoms with E-state index in [-0.39, 0.29) is 6.61 Å². The molecule has 0 aromatic heterocycles. The molecular formula is C19H31ClO. The molecule has 0 aliphatic rings. The van der Waals surface area contributed by atoms with Crippen LogP contribution in [0.2, 0.25) is 5.02 Å². The highest BCUT2D eigenvalue weighted by Crippen LogP contribution is 2.22. The predicted octanol–water partition coefficient (Wildman–Crippen LogP) is 6.02. The van der Waals surface area contributed by atoms with Gasteiger partial charge in [0.05, 0.1) is 0 Å². The minimum absolute atomic E-state index is 0.266. The number of rotatable bonds is 12. The summed E-state index contributed by atoms with van der Waals surface area (Å²) < 4.78 is 0. The van der Waals surface area contributed by atoms with Gasteiger partial charge in [-0.1, -0.05) is 88.1 Å². The molecule has 0 aliphatic carbocycles. The predicted molar refractivity (Wildman–Crippen MR) is 93.0 cm³/mol. The van der Waals surface area contributed by atoms with Crippen LogP contribution < -0.4 is 0 Å². The quantitative estimate of drug-likeness (QED) is 0.468. The van der Waals surface area contributed by atoms with Gasteiger partial charge in [-0.2, -0.15) is 0 Å². The lowest BCUT2D eigenvalue weighted by molar-refractivity contribution is 0.214. The van der Waals surface area contributed by atoms with E-state index in [0.717, 1.165) is 23.4 Å². The summed E-state index contributed by atoms with van der Waals surface area (Å²) in [7, 11) is 0. The second-order valence-electron chi connectivity index (χ2n) is 6.11. The van der Waals surface area contributed by atoms with Crippen molar-refractivity contribution in [2.45, 2.75) is 71.1 Å². The smallest absolute Gasteiger partial charge is 0.0462 e. The Morgan fingerprint density at radius 3 is 2.19 bits per heavy atom. The molecule has 1 aromatic rings. The SMILES string of the molecule is CCCCCCCCCCC(CO)Cc1ccccc1Cl.